The van der Waals surface area contributed by atoms with Crippen LogP contribution in [0.4, 0.5) is 5.95 Å². The van der Waals surface area contributed by atoms with Crippen LogP contribution in [-0.4, -0.2) is 36.3 Å². The van der Waals surface area contributed by atoms with Gasteiger partial charge in [-0.3, -0.25) is 9.78 Å². The molecule has 1 saturated heterocycles. The summed E-state index contributed by atoms with van der Waals surface area (Å²) in [5, 5.41) is 3.00. The lowest BCUT2D eigenvalue weighted by molar-refractivity contribution is 0.122. The first-order valence-corrected chi connectivity index (χ1v) is 8.80. The monoisotopic (exact) mass is 337 g/mol. The number of anilines is 1. The van der Waals surface area contributed by atoms with E-state index in [0.29, 0.717) is 24.5 Å². The molecule has 5 nitrogen and oxygen atoms in total. The van der Waals surface area contributed by atoms with Crippen molar-refractivity contribution in [1.82, 2.24) is 9.97 Å². The molecule has 0 radical (unpaired) electrons. The molecule has 1 N–H and O–H groups in total. The molecule has 0 bridgehead atoms. The number of aromatic amines is 1. The highest BCUT2D eigenvalue weighted by molar-refractivity contribution is 7.26. The zero-order valence-corrected chi connectivity index (χ0v) is 13.7. The molecule has 0 spiro atoms. The Kier molecular flexibility index (Phi) is 3.08. The van der Waals surface area contributed by atoms with Gasteiger partial charge >= 0.3 is 0 Å². The molecule has 4 aromatic rings. The zero-order valence-electron chi connectivity index (χ0n) is 12.9. The van der Waals surface area contributed by atoms with Gasteiger partial charge in [-0.1, -0.05) is 24.3 Å². The number of nitrogens with zero attached hydrogens (tertiary/aromatic N) is 2. The predicted octanol–water partition coefficient (Wildman–Crippen LogP) is 3.13. The fourth-order valence-electron chi connectivity index (χ4n) is 3.32. The van der Waals surface area contributed by atoms with Crippen molar-refractivity contribution in [2.24, 2.45) is 0 Å². The van der Waals surface area contributed by atoms with E-state index in [4.69, 9.17) is 9.72 Å². The number of hydrogen-bond acceptors (Lipinski definition) is 5. The summed E-state index contributed by atoms with van der Waals surface area (Å²) in [6.07, 6.45) is 0. The third-order valence-electron chi connectivity index (χ3n) is 4.51. The van der Waals surface area contributed by atoms with Crippen molar-refractivity contribution in [3.05, 3.63) is 46.8 Å². The molecule has 3 heterocycles. The van der Waals surface area contributed by atoms with Gasteiger partial charge in [0.2, 0.25) is 5.95 Å². The molecule has 2 aromatic heterocycles. The number of fused-ring (bicyclic) bond motifs is 5. The van der Waals surface area contributed by atoms with Gasteiger partial charge in [-0.05, 0) is 12.1 Å². The van der Waals surface area contributed by atoms with Gasteiger partial charge in [0.25, 0.3) is 5.56 Å². The molecule has 120 valence electrons. The summed E-state index contributed by atoms with van der Waals surface area (Å²) in [5.41, 5.74) is 0.679. The molecular formula is C18H15N3O2S. The Balaban J connectivity index is 1.79. The maximum atomic E-state index is 12.8. The highest BCUT2D eigenvalue weighted by atomic mass is 32.1. The Morgan fingerprint density at radius 3 is 2.79 bits per heavy atom. The zero-order chi connectivity index (χ0) is 16.1. The van der Waals surface area contributed by atoms with E-state index in [1.165, 1.54) is 10.1 Å². The molecule has 6 heteroatoms. The Bertz CT molecular complexity index is 1130. The molecule has 0 aliphatic carbocycles. The van der Waals surface area contributed by atoms with E-state index in [-0.39, 0.29) is 5.56 Å². The second-order valence-electron chi connectivity index (χ2n) is 5.92. The highest BCUT2D eigenvalue weighted by Gasteiger charge is 2.17. The largest absolute Gasteiger partial charge is 0.378 e. The molecule has 0 unspecified atom stereocenters. The lowest BCUT2D eigenvalue weighted by Crippen LogP contribution is -2.38. The van der Waals surface area contributed by atoms with Crippen molar-refractivity contribution in [2.45, 2.75) is 0 Å². The number of thiophene rings is 1. The van der Waals surface area contributed by atoms with Crippen molar-refractivity contribution in [2.75, 3.05) is 31.2 Å². The smallest absolute Gasteiger partial charge is 0.261 e. The van der Waals surface area contributed by atoms with Gasteiger partial charge in [-0.25, -0.2) is 4.98 Å². The topological polar surface area (TPSA) is 58.2 Å². The van der Waals surface area contributed by atoms with Gasteiger partial charge in [-0.2, -0.15) is 0 Å². The number of aromatic nitrogens is 2. The SMILES string of the molecule is O=c1[nH]c(N2CCOCC2)nc2ccc3c4ccccc4sc3c12. The average Bonchev–Trinajstić information content (AvgIpc) is 3.00. The molecule has 24 heavy (non-hydrogen) atoms. The van der Waals surface area contributed by atoms with Crippen molar-refractivity contribution in [3.63, 3.8) is 0 Å². The minimum absolute atomic E-state index is 0.0707. The van der Waals surface area contributed by atoms with E-state index in [0.717, 1.165) is 28.7 Å². The molecule has 5 rings (SSSR count). The Hall–Kier alpha value is -2.44. The van der Waals surface area contributed by atoms with E-state index in [9.17, 15) is 4.79 Å². The van der Waals surface area contributed by atoms with Crippen LogP contribution in [0.2, 0.25) is 0 Å². The van der Waals surface area contributed by atoms with E-state index >= 15 is 0 Å². The van der Waals surface area contributed by atoms with Crippen LogP contribution in [0.25, 0.3) is 31.1 Å². The predicted molar refractivity (Wildman–Crippen MR) is 98.3 cm³/mol. The first-order valence-electron chi connectivity index (χ1n) is 7.98. The summed E-state index contributed by atoms with van der Waals surface area (Å²) in [6.45, 7) is 2.83. The second kappa shape index (κ2) is 5.29. The average molecular weight is 337 g/mol. The second-order valence-corrected chi connectivity index (χ2v) is 6.98. The molecular weight excluding hydrogens is 322 g/mol. The Morgan fingerprint density at radius 2 is 1.92 bits per heavy atom. The van der Waals surface area contributed by atoms with Crippen LogP contribution in [0.1, 0.15) is 0 Å². The van der Waals surface area contributed by atoms with Crippen molar-refractivity contribution in [1.29, 1.82) is 0 Å². The molecule has 0 atom stereocenters. The van der Waals surface area contributed by atoms with Gasteiger partial charge < -0.3 is 9.64 Å². The van der Waals surface area contributed by atoms with Crippen LogP contribution in [-0.2, 0) is 4.74 Å². The van der Waals surface area contributed by atoms with Crippen molar-refractivity contribution in [3.8, 4) is 0 Å². The molecule has 0 saturated carbocycles. The lowest BCUT2D eigenvalue weighted by atomic mass is 10.1. The third-order valence-corrected chi connectivity index (χ3v) is 5.72. The third kappa shape index (κ3) is 2.03. The molecule has 1 aliphatic rings. The van der Waals surface area contributed by atoms with E-state index < -0.39 is 0 Å². The number of nitrogens with one attached hydrogen (secondary N) is 1. The summed E-state index contributed by atoms with van der Waals surface area (Å²) in [5.74, 6) is 0.635. The first-order chi connectivity index (χ1) is 11.8. The van der Waals surface area contributed by atoms with Crippen LogP contribution in [0, 0.1) is 0 Å². The summed E-state index contributed by atoms with van der Waals surface area (Å²) >= 11 is 1.65. The molecule has 1 aliphatic heterocycles. The number of rotatable bonds is 1. The maximum Gasteiger partial charge on any atom is 0.261 e. The van der Waals surface area contributed by atoms with Gasteiger partial charge in [-0.15, -0.1) is 11.3 Å². The van der Waals surface area contributed by atoms with Gasteiger partial charge in [0, 0.05) is 28.6 Å². The normalized spacial score (nSPS) is 15.6. The van der Waals surface area contributed by atoms with Gasteiger partial charge in [0.05, 0.1) is 28.8 Å². The van der Waals surface area contributed by atoms with Gasteiger partial charge in [0.1, 0.15) is 0 Å². The summed E-state index contributed by atoms with van der Waals surface area (Å²) in [7, 11) is 0. The number of hydrogen-bond donors (Lipinski definition) is 1. The van der Waals surface area contributed by atoms with Crippen LogP contribution in [0.15, 0.2) is 41.2 Å². The van der Waals surface area contributed by atoms with Crippen LogP contribution in [0.3, 0.4) is 0 Å². The highest BCUT2D eigenvalue weighted by Crippen LogP contribution is 2.36. The first kappa shape index (κ1) is 13.9. The lowest BCUT2D eigenvalue weighted by Gasteiger charge is -2.27. The fourth-order valence-corrected chi connectivity index (χ4v) is 4.56. The molecule has 0 amide bonds. The number of morpholine rings is 1. The van der Waals surface area contributed by atoms with Crippen molar-refractivity contribution < 1.29 is 4.74 Å². The summed E-state index contributed by atoms with van der Waals surface area (Å²) in [6, 6.07) is 12.3. The standard InChI is InChI=1S/C18H15N3O2S/c22-17-15-13(19-18(20-17)21-7-9-23-10-8-21)6-5-12-11-3-1-2-4-14(11)24-16(12)15/h1-6H,7-10H2,(H,19,20,22). The Morgan fingerprint density at radius 1 is 1.08 bits per heavy atom. The van der Waals surface area contributed by atoms with Crippen LogP contribution >= 0.6 is 11.3 Å². The molecule has 1 fully saturated rings. The maximum absolute atomic E-state index is 12.8. The van der Waals surface area contributed by atoms with E-state index in [1.54, 1.807) is 11.3 Å². The minimum Gasteiger partial charge on any atom is -0.378 e. The minimum atomic E-state index is -0.0707. The van der Waals surface area contributed by atoms with Crippen molar-refractivity contribution >= 4 is 48.4 Å². The van der Waals surface area contributed by atoms with Crippen LogP contribution in [0.5, 0.6) is 0 Å². The van der Waals surface area contributed by atoms with Crippen LogP contribution < -0.4 is 10.5 Å². The number of benzene rings is 2. The quantitative estimate of drug-likeness (QED) is 0.580. The molecule has 2 aromatic carbocycles. The summed E-state index contributed by atoms with van der Waals surface area (Å²) < 4.78 is 7.57. The van der Waals surface area contributed by atoms with Gasteiger partial charge in [0.15, 0.2) is 0 Å². The van der Waals surface area contributed by atoms with E-state index in [2.05, 4.69) is 28.1 Å². The number of H-pyrrole nitrogens is 1. The summed E-state index contributed by atoms with van der Waals surface area (Å²) in [4.78, 5) is 22.5. The fraction of sp³-hybridized carbons (Fsp3) is 0.222. The Labute approximate surface area is 141 Å². The van der Waals surface area contributed by atoms with E-state index in [1.807, 2.05) is 18.2 Å². The number of ether oxygens (including phenoxy) is 1.